The molecule has 0 radical (unpaired) electrons. The molecule has 1 aromatic carbocycles. The number of fused-ring (bicyclic) bond motifs is 1. The second-order valence-corrected chi connectivity index (χ2v) is 6.45. The van der Waals surface area contributed by atoms with E-state index in [-0.39, 0.29) is 22.8 Å². The topological polar surface area (TPSA) is 106 Å². The minimum Gasteiger partial charge on any atom is -0.455 e. The van der Waals surface area contributed by atoms with Crippen LogP contribution in [0.25, 0.3) is 22.2 Å². The maximum atomic E-state index is 14.0. The van der Waals surface area contributed by atoms with Crippen molar-refractivity contribution < 1.29 is 26.4 Å². The molecule has 0 spiro atoms. The van der Waals surface area contributed by atoms with E-state index >= 15 is 0 Å². The van der Waals surface area contributed by atoms with Gasteiger partial charge in [0.2, 0.25) is 11.9 Å². The van der Waals surface area contributed by atoms with Crippen molar-refractivity contribution in [1.82, 2.24) is 19.9 Å². The molecule has 0 aliphatic carbocycles. The average Bonchev–Trinajstić information content (AvgIpc) is 3.25. The summed E-state index contributed by atoms with van der Waals surface area (Å²) in [7, 11) is 0. The highest BCUT2D eigenvalue weighted by atomic mass is 19.4. The largest absolute Gasteiger partial charge is 0.455 e. The van der Waals surface area contributed by atoms with Gasteiger partial charge in [-0.2, -0.15) is 13.2 Å². The number of nitrogens with two attached hydrogens (primary N) is 1. The van der Waals surface area contributed by atoms with E-state index in [4.69, 9.17) is 10.2 Å². The summed E-state index contributed by atoms with van der Waals surface area (Å²) in [6, 6.07) is -0.909. The molecule has 7 nitrogen and oxygen atoms in total. The number of nitrogens with zero attached hydrogens (tertiary/aromatic N) is 3. The van der Waals surface area contributed by atoms with E-state index in [0.29, 0.717) is 17.3 Å². The van der Waals surface area contributed by atoms with Gasteiger partial charge in [-0.3, -0.25) is 0 Å². The summed E-state index contributed by atoms with van der Waals surface area (Å²) >= 11 is 0. The van der Waals surface area contributed by atoms with Crippen LogP contribution in [0.5, 0.6) is 0 Å². The monoisotopic (exact) mass is 424 g/mol. The van der Waals surface area contributed by atoms with Gasteiger partial charge < -0.3 is 20.5 Å². The fourth-order valence-electron chi connectivity index (χ4n) is 2.99. The van der Waals surface area contributed by atoms with Gasteiger partial charge in [-0.15, -0.1) is 0 Å². The Morgan fingerprint density at radius 3 is 2.47 bits per heavy atom. The SMILES string of the molecule is Cc1c([C@@H](Nc2ncc(-c3cnc(N)nc3)[nH]2)C(F)(F)F)oc2c(F)cc(F)cc12. The van der Waals surface area contributed by atoms with E-state index in [2.05, 4.69) is 25.3 Å². The highest BCUT2D eigenvalue weighted by molar-refractivity contribution is 5.83. The molecule has 30 heavy (non-hydrogen) atoms. The van der Waals surface area contributed by atoms with Crippen LogP contribution in [-0.4, -0.2) is 26.1 Å². The lowest BCUT2D eigenvalue weighted by atomic mass is 10.1. The summed E-state index contributed by atoms with van der Waals surface area (Å²) < 4.78 is 74.0. The van der Waals surface area contributed by atoms with E-state index < -0.39 is 35.2 Å². The Balaban J connectivity index is 1.72. The minimum absolute atomic E-state index is 0.0396. The van der Waals surface area contributed by atoms with Crippen LogP contribution < -0.4 is 11.1 Å². The zero-order chi connectivity index (χ0) is 21.6. The summed E-state index contributed by atoms with van der Waals surface area (Å²) in [5.74, 6) is -2.80. The normalized spacial score (nSPS) is 13.0. The first-order valence-electron chi connectivity index (χ1n) is 8.47. The third-order valence-electron chi connectivity index (χ3n) is 4.42. The molecule has 0 amide bonds. The zero-order valence-corrected chi connectivity index (χ0v) is 15.2. The van der Waals surface area contributed by atoms with Crippen LogP contribution in [0.2, 0.25) is 0 Å². The first kappa shape index (κ1) is 19.6. The fourth-order valence-corrected chi connectivity index (χ4v) is 2.99. The third-order valence-corrected chi connectivity index (χ3v) is 4.42. The Labute approximate surface area is 165 Å². The molecule has 0 aliphatic rings. The van der Waals surface area contributed by atoms with Crippen LogP contribution >= 0.6 is 0 Å². The minimum atomic E-state index is -4.83. The maximum absolute atomic E-state index is 14.0. The van der Waals surface area contributed by atoms with Crippen molar-refractivity contribution in [1.29, 1.82) is 0 Å². The number of hydrogen-bond acceptors (Lipinski definition) is 6. The zero-order valence-electron chi connectivity index (χ0n) is 15.2. The van der Waals surface area contributed by atoms with Gasteiger partial charge in [0.25, 0.3) is 0 Å². The van der Waals surface area contributed by atoms with Crippen molar-refractivity contribution >= 4 is 22.9 Å². The number of aromatic amines is 1. The molecule has 0 unspecified atom stereocenters. The van der Waals surface area contributed by atoms with Crippen LogP contribution in [0.4, 0.5) is 33.8 Å². The van der Waals surface area contributed by atoms with Crippen LogP contribution in [-0.2, 0) is 0 Å². The molecular weight excluding hydrogens is 411 g/mol. The summed E-state index contributed by atoms with van der Waals surface area (Å²) in [6.45, 7) is 1.29. The number of benzene rings is 1. The van der Waals surface area contributed by atoms with Crippen LogP contribution in [0.15, 0.2) is 35.1 Å². The molecule has 0 saturated heterocycles. The highest BCUT2D eigenvalue weighted by Crippen LogP contribution is 2.41. The van der Waals surface area contributed by atoms with Crippen molar-refractivity contribution in [2.24, 2.45) is 0 Å². The van der Waals surface area contributed by atoms with Gasteiger partial charge in [0.15, 0.2) is 17.4 Å². The lowest BCUT2D eigenvalue weighted by Gasteiger charge is -2.20. The van der Waals surface area contributed by atoms with Gasteiger partial charge in [0.1, 0.15) is 11.6 Å². The summed E-state index contributed by atoms with van der Waals surface area (Å²) in [6.07, 6.45) is -0.792. The van der Waals surface area contributed by atoms with Crippen LogP contribution in [0.1, 0.15) is 17.4 Å². The number of imidazole rings is 1. The summed E-state index contributed by atoms with van der Waals surface area (Å²) in [5, 5.41) is 2.12. The molecule has 4 aromatic rings. The van der Waals surface area contributed by atoms with Gasteiger partial charge in [-0.1, -0.05) is 0 Å². The number of aromatic nitrogens is 4. The van der Waals surface area contributed by atoms with Gasteiger partial charge >= 0.3 is 6.18 Å². The molecule has 0 bridgehead atoms. The van der Waals surface area contributed by atoms with Crippen molar-refractivity contribution in [3.05, 3.63) is 53.7 Å². The number of hydrogen-bond donors (Lipinski definition) is 3. The molecule has 156 valence electrons. The number of aryl methyl sites for hydroxylation is 1. The fraction of sp³-hybridized carbons (Fsp3) is 0.167. The predicted octanol–water partition coefficient (Wildman–Crippen LogP) is 4.50. The lowest BCUT2D eigenvalue weighted by Crippen LogP contribution is -2.28. The van der Waals surface area contributed by atoms with Crippen LogP contribution in [0.3, 0.4) is 0 Å². The Morgan fingerprint density at radius 2 is 1.80 bits per heavy atom. The molecule has 3 aromatic heterocycles. The predicted molar refractivity (Wildman–Crippen MR) is 97.3 cm³/mol. The van der Waals surface area contributed by atoms with E-state index in [9.17, 15) is 22.0 Å². The van der Waals surface area contributed by atoms with E-state index in [0.717, 1.165) is 6.07 Å². The molecule has 0 saturated carbocycles. The third kappa shape index (κ3) is 3.51. The maximum Gasteiger partial charge on any atom is 0.415 e. The smallest absolute Gasteiger partial charge is 0.415 e. The number of nitrogen functional groups attached to an aromatic ring is 1. The molecule has 4 N–H and O–H groups in total. The van der Waals surface area contributed by atoms with Gasteiger partial charge in [-0.05, 0) is 13.0 Å². The Hall–Kier alpha value is -3.70. The Kier molecular flexibility index (Phi) is 4.56. The molecule has 0 aliphatic heterocycles. The number of furan rings is 1. The first-order valence-corrected chi connectivity index (χ1v) is 8.47. The molecule has 12 heteroatoms. The number of halogens is 5. The number of H-pyrrole nitrogens is 1. The quantitative estimate of drug-likeness (QED) is 0.417. The average molecular weight is 424 g/mol. The first-order chi connectivity index (χ1) is 14.1. The Morgan fingerprint density at radius 1 is 1.10 bits per heavy atom. The molecule has 0 fully saturated rings. The number of alkyl halides is 3. The standard InChI is InChI=1S/C18H13F5N6O/c1-7-10-2-9(19)3-11(20)14(10)30-13(7)15(18(21,22)23)29-17-27-6-12(28-17)8-4-25-16(24)26-5-8/h2-6,15H,1H3,(H2,24,25,26)(H2,27,28,29)/t15-/m1/s1. The number of rotatable bonds is 4. The second-order valence-electron chi connectivity index (χ2n) is 6.45. The van der Waals surface area contributed by atoms with Gasteiger partial charge in [0.05, 0.1) is 11.9 Å². The molecule has 3 heterocycles. The lowest BCUT2D eigenvalue weighted by molar-refractivity contribution is -0.147. The van der Waals surface area contributed by atoms with E-state index in [1.165, 1.54) is 25.5 Å². The highest BCUT2D eigenvalue weighted by Gasteiger charge is 2.45. The molecule has 4 rings (SSSR count). The van der Waals surface area contributed by atoms with Crippen molar-refractivity contribution in [2.45, 2.75) is 19.1 Å². The molecular formula is C18H13F5N6O. The second kappa shape index (κ2) is 6.97. The molecule has 1 atom stereocenters. The number of anilines is 2. The van der Waals surface area contributed by atoms with Crippen molar-refractivity contribution in [3.8, 4) is 11.3 Å². The Bertz CT molecular complexity index is 1210. The van der Waals surface area contributed by atoms with Crippen molar-refractivity contribution in [2.75, 3.05) is 11.1 Å². The number of nitrogens with one attached hydrogen (secondary N) is 2. The summed E-state index contributed by atoms with van der Waals surface area (Å²) in [5.41, 5.74) is 5.69. The van der Waals surface area contributed by atoms with E-state index in [1.54, 1.807) is 0 Å². The van der Waals surface area contributed by atoms with E-state index in [1.807, 2.05) is 0 Å². The van der Waals surface area contributed by atoms with Crippen molar-refractivity contribution in [3.63, 3.8) is 0 Å². The van der Waals surface area contributed by atoms with Crippen LogP contribution in [0, 0.1) is 18.6 Å². The summed E-state index contributed by atoms with van der Waals surface area (Å²) in [4.78, 5) is 14.2. The van der Waals surface area contributed by atoms with Gasteiger partial charge in [0, 0.05) is 35.0 Å². The van der Waals surface area contributed by atoms with Gasteiger partial charge in [-0.25, -0.2) is 23.7 Å².